The second-order valence-electron chi connectivity index (χ2n) is 5.99. The highest BCUT2D eigenvalue weighted by Gasteiger charge is 2.39. The minimum absolute atomic E-state index is 0.0107. The van der Waals surface area contributed by atoms with Gasteiger partial charge in [-0.15, -0.1) is 0 Å². The minimum atomic E-state index is -0.334. The van der Waals surface area contributed by atoms with Gasteiger partial charge < -0.3 is 10.2 Å². The number of carbonyl (C=O) groups is 2. The summed E-state index contributed by atoms with van der Waals surface area (Å²) in [6.45, 7) is 8.81. The molecule has 1 rings (SSSR count). The van der Waals surface area contributed by atoms with Crippen LogP contribution in [0.15, 0.2) is 0 Å². The maximum absolute atomic E-state index is 12.5. The van der Waals surface area contributed by atoms with E-state index >= 15 is 0 Å². The lowest BCUT2D eigenvalue weighted by atomic mass is 9.94. The average molecular weight is 282 g/mol. The van der Waals surface area contributed by atoms with Crippen LogP contribution in [0, 0.1) is 5.92 Å². The Morgan fingerprint density at radius 3 is 2.40 bits per heavy atom. The van der Waals surface area contributed by atoms with Gasteiger partial charge in [0.1, 0.15) is 12.1 Å². The first kappa shape index (κ1) is 17.0. The molecular formula is C16H30N2O2. The van der Waals surface area contributed by atoms with Crippen molar-refractivity contribution in [2.45, 2.75) is 78.3 Å². The Labute approximate surface area is 123 Å². The van der Waals surface area contributed by atoms with E-state index in [1.54, 1.807) is 4.90 Å². The van der Waals surface area contributed by atoms with Crippen LogP contribution in [-0.4, -0.2) is 35.3 Å². The molecule has 1 fully saturated rings. The van der Waals surface area contributed by atoms with E-state index in [0.717, 1.165) is 19.3 Å². The van der Waals surface area contributed by atoms with Crippen LogP contribution in [0.4, 0.5) is 0 Å². The van der Waals surface area contributed by atoms with E-state index in [1.807, 2.05) is 13.8 Å². The monoisotopic (exact) mass is 282 g/mol. The third-order valence-electron chi connectivity index (χ3n) is 4.41. The van der Waals surface area contributed by atoms with Crippen LogP contribution in [0.5, 0.6) is 0 Å². The number of unbranched alkanes of at least 4 members (excludes halogenated alkanes) is 4. The molecule has 1 saturated heterocycles. The SMILES string of the molecule is CCCCCCCN1C(=O)C(C(C)CC)NC(=O)C1C. The Bertz CT molecular complexity index is 330. The van der Waals surface area contributed by atoms with Crippen molar-refractivity contribution in [1.82, 2.24) is 10.2 Å². The number of piperazine rings is 1. The van der Waals surface area contributed by atoms with E-state index < -0.39 is 0 Å². The molecule has 0 radical (unpaired) electrons. The minimum Gasteiger partial charge on any atom is -0.342 e. The van der Waals surface area contributed by atoms with Crippen molar-refractivity contribution in [1.29, 1.82) is 0 Å². The molecule has 1 aliphatic heterocycles. The van der Waals surface area contributed by atoms with E-state index in [0.29, 0.717) is 6.54 Å². The summed E-state index contributed by atoms with van der Waals surface area (Å²) in [6.07, 6.45) is 6.72. The van der Waals surface area contributed by atoms with Gasteiger partial charge in [-0.25, -0.2) is 0 Å². The molecule has 0 saturated carbocycles. The highest BCUT2D eigenvalue weighted by molar-refractivity contribution is 5.96. The summed E-state index contributed by atoms with van der Waals surface area (Å²) in [5, 5.41) is 2.88. The molecule has 4 nitrogen and oxygen atoms in total. The van der Waals surface area contributed by atoms with Crippen molar-refractivity contribution >= 4 is 11.8 Å². The fourth-order valence-corrected chi connectivity index (χ4v) is 2.66. The predicted molar refractivity (Wildman–Crippen MR) is 81.3 cm³/mol. The van der Waals surface area contributed by atoms with E-state index in [1.165, 1.54) is 19.3 Å². The molecule has 0 aliphatic carbocycles. The number of hydrogen-bond acceptors (Lipinski definition) is 2. The van der Waals surface area contributed by atoms with Crippen LogP contribution < -0.4 is 5.32 Å². The first-order valence-corrected chi connectivity index (χ1v) is 8.13. The quantitative estimate of drug-likeness (QED) is 0.696. The van der Waals surface area contributed by atoms with E-state index in [-0.39, 0.29) is 29.8 Å². The molecule has 116 valence electrons. The maximum Gasteiger partial charge on any atom is 0.246 e. The Kier molecular flexibility index (Phi) is 7.03. The van der Waals surface area contributed by atoms with Crippen molar-refractivity contribution in [3.05, 3.63) is 0 Å². The highest BCUT2D eigenvalue weighted by atomic mass is 16.2. The van der Waals surface area contributed by atoms with Crippen LogP contribution in [0.1, 0.15) is 66.2 Å². The third-order valence-corrected chi connectivity index (χ3v) is 4.41. The molecular weight excluding hydrogens is 252 g/mol. The second-order valence-corrected chi connectivity index (χ2v) is 5.99. The van der Waals surface area contributed by atoms with Crippen LogP contribution in [0.3, 0.4) is 0 Å². The largest absolute Gasteiger partial charge is 0.342 e. The van der Waals surface area contributed by atoms with Crippen LogP contribution in [0.2, 0.25) is 0 Å². The average Bonchev–Trinajstić information content (AvgIpc) is 2.45. The normalized spacial score (nSPS) is 24.7. The first-order chi connectivity index (χ1) is 9.52. The summed E-state index contributed by atoms with van der Waals surface area (Å²) in [4.78, 5) is 26.3. The van der Waals surface area contributed by atoms with Crippen LogP contribution in [0.25, 0.3) is 0 Å². The van der Waals surface area contributed by atoms with Gasteiger partial charge in [-0.2, -0.15) is 0 Å². The molecule has 0 bridgehead atoms. The molecule has 20 heavy (non-hydrogen) atoms. The molecule has 4 heteroatoms. The molecule has 3 atom stereocenters. The van der Waals surface area contributed by atoms with Gasteiger partial charge in [0.05, 0.1) is 0 Å². The summed E-state index contributed by atoms with van der Waals surface area (Å²) < 4.78 is 0. The summed E-state index contributed by atoms with van der Waals surface area (Å²) in [7, 11) is 0. The van der Waals surface area contributed by atoms with Gasteiger partial charge in [0.15, 0.2) is 0 Å². The predicted octanol–water partition coefficient (Wildman–Crippen LogP) is 2.72. The highest BCUT2D eigenvalue weighted by Crippen LogP contribution is 2.18. The second kappa shape index (κ2) is 8.28. The molecule has 0 aromatic heterocycles. The number of amides is 2. The van der Waals surface area contributed by atoms with Crippen molar-refractivity contribution < 1.29 is 9.59 Å². The van der Waals surface area contributed by atoms with E-state index in [9.17, 15) is 9.59 Å². The van der Waals surface area contributed by atoms with Gasteiger partial charge in [-0.3, -0.25) is 9.59 Å². The first-order valence-electron chi connectivity index (χ1n) is 8.13. The smallest absolute Gasteiger partial charge is 0.246 e. The van der Waals surface area contributed by atoms with Gasteiger partial charge >= 0.3 is 0 Å². The molecule has 3 unspecified atom stereocenters. The number of carbonyl (C=O) groups excluding carboxylic acids is 2. The zero-order valence-electron chi connectivity index (χ0n) is 13.4. The molecule has 0 spiro atoms. The van der Waals surface area contributed by atoms with Crippen molar-refractivity contribution in [3.63, 3.8) is 0 Å². The van der Waals surface area contributed by atoms with Crippen LogP contribution >= 0.6 is 0 Å². The van der Waals surface area contributed by atoms with Crippen LogP contribution in [-0.2, 0) is 9.59 Å². The summed E-state index contributed by atoms with van der Waals surface area (Å²) in [5.74, 6) is 0.284. The summed E-state index contributed by atoms with van der Waals surface area (Å²) in [6, 6.07) is -0.659. The van der Waals surface area contributed by atoms with E-state index in [2.05, 4.69) is 19.2 Å². The molecule has 2 amide bonds. The van der Waals surface area contributed by atoms with Gasteiger partial charge in [-0.05, 0) is 19.3 Å². The van der Waals surface area contributed by atoms with Crippen molar-refractivity contribution in [2.75, 3.05) is 6.54 Å². The zero-order chi connectivity index (χ0) is 15.1. The molecule has 1 aliphatic rings. The van der Waals surface area contributed by atoms with Gasteiger partial charge in [0, 0.05) is 6.54 Å². The molecule has 0 aromatic rings. The Balaban J connectivity index is 2.57. The fraction of sp³-hybridized carbons (Fsp3) is 0.875. The lowest BCUT2D eigenvalue weighted by Gasteiger charge is -2.39. The third kappa shape index (κ3) is 4.22. The lowest BCUT2D eigenvalue weighted by Crippen LogP contribution is -2.64. The van der Waals surface area contributed by atoms with Gasteiger partial charge in [-0.1, -0.05) is 52.9 Å². The number of rotatable bonds is 8. The maximum atomic E-state index is 12.5. The Morgan fingerprint density at radius 2 is 1.80 bits per heavy atom. The van der Waals surface area contributed by atoms with E-state index in [4.69, 9.17) is 0 Å². The topological polar surface area (TPSA) is 49.4 Å². The number of nitrogens with one attached hydrogen (secondary N) is 1. The lowest BCUT2D eigenvalue weighted by molar-refractivity contribution is -0.150. The Hall–Kier alpha value is -1.06. The number of hydrogen-bond donors (Lipinski definition) is 1. The van der Waals surface area contributed by atoms with Gasteiger partial charge in [0.25, 0.3) is 0 Å². The fourth-order valence-electron chi connectivity index (χ4n) is 2.66. The van der Waals surface area contributed by atoms with Gasteiger partial charge in [0.2, 0.25) is 11.8 Å². The summed E-state index contributed by atoms with van der Waals surface area (Å²) in [5.41, 5.74) is 0. The molecule has 1 heterocycles. The van der Waals surface area contributed by atoms with Crippen molar-refractivity contribution in [3.8, 4) is 0 Å². The van der Waals surface area contributed by atoms with Crippen molar-refractivity contribution in [2.24, 2.45) is 5.92 Å². The molecule has 0 aromatic carbocycles. The molecule has 1 N–H and O–H groups in total. The Morgan fingerprint density at radius 1 is 1.15 bits per heavy atom. The zero-order valence-corrected chi connectivity index (χ0v) is 13.4. The standard InChI is InChI=1S/C16H30N2O2/c1-5-7-8-9-10-11-18-13(4)15(19)17-14(16(18)20)12(3)6-2/h12-14H,5-11H2,1-4H3,(H,17,19). The number of nitrogens with zero attached hydrogens (tertiary/aromatic N) is 1. The summed E-state index contributed by atoms with van der Waals surface area (Å²) >= 11 is 0.